The zero-order valence-corrected chi connectivity index (χ0v) is 14.7. The van der Waals surface area contributed by atoms with Crippen molar-refractivity contribution < 1.29 is 14.0 Å². The molecule has 0 bridgehead atoms. The van der Waals surface area contributed by atoms with E-state index in [0.717, 1.165) is 17.1 Å². The van der Waals surface area contributed by atoms with Crippen LogP contribution < -0.4 is 5.73 Å². The molecule has 5 nitrogen and oxygen atoms in total. The zero-order valence-electron chi connectivity index (χ0n) is 14.7. The van der Waals surface area contributed by atoms with E-state index in [0.29, 0.717) is 36.8 Å². The van der Waals surface area contributed by atoms with E-state index < -0.39 is 5.91 Å². The number of benzene rings is 1. The Balaban J connectivity index is 1.48. The predicted octanol–water partition coefficient (Wildman–Crippen LogP) is 3.09. The van der Waals surface area contributed by atoms with Gasteiger partial charge in [0.2, 0.25) is 11.8 Å². The molecular formula is C20H24N2O3. The Morgan fingerprint density at radius 1 is 1.20 bits per heavy atom. The highest BCUT2D eigenvalue weighted by molar-refractivity contribution is 5.92. The minimum Gasteiger partial charge on any atom is -0.466 e. The Bertz CT molecular complexity index is 764. The van der Waals surface area contributed by atoms with Gasteiger partial charge in [0, 0.05) is 37.9 Å². The Labute approximate surface area is 147 Å². The lowest BCUT2D eigenvalue weighted by Crippen LogP contribution is -2.26. The van der Waals surface area contributed by atoms with Crippen LogP contribution >= 0.6 is 0 Å². The lowest BCUT2D eigenvalue weighted by Gasteiger charge is -2.17. The largest absolute Gasteiger partial charge is 0.466 e. The van der Waals surface area contributed by atoms with Crippen LogP contribution in [-0.4, -0.2) is 23.8 Å². The van der Waals surface area contributed by atoms with E-state index in [2.05, 4.69) is 6.92 Å². The third-order valence-electron chi connectivity index (χ3n) is 4.83. The SMILES string of the molecule is C[C@@H]1C[C@@H]1c1ccc(CCC(=O)N(C)Cc2ccc(C(N)=O)cc2)o1. The number of primary amides is 1. The summed E-state index contributed by atoms with van der Waals surface area (Å²) in [6.07, 6.45) is 2.23. The molecule has 1 fully saturated rings. The van der Waals surface area contributed by atoms with Gasteiger partial charge in [-0.2, -0.15) is 0 Å². The number of amides is 2. The number of nitrogens with two attached hydrogens (primary N) is 1. The van der Waals surface area contributed by atoms with Gasteiger partial charge in [0.05, 0.1) is 0 Å². The second kappa shape index (κ2) is 7.13. The summed E-state index contributed by atoms with van der Waals surface area (Å²) < 4.78 is 5.85. The van der Waals surface area contributed by atoms with Crippen molar-refractivity contribution in [3.63, 3.8) is 0 Å². The van der Waals surface area contributed by atoms with Crippen molar-refractivity contribution in [1.82, 2.24) is 4.90 Å². The average Bonchev–Trinajstić information content (AvgIpc) is 3.14. The summed E-state index contributed by atoms with van der Waals surface area (Å²) in [5.41, 5.74) is 6.66. The fourth-order valence-corrected chi connectivity index (χ4v) is 3.00. The van der Waals surface area contributed by atoms with Crippen LogP contribution in [0.2, 0.25) is 0 Å². The van der Waals surface area contributed by atoms with Crippen LogP contribution in [0.4, 0.5) is 0 Å². The van der Waals surface area contributed by atoms with Crippen LogP contribution in [0.1, 0.15) is 53.1 Å². The molecule has 132 valence electrons. The summed E-state index contributed by atoms with van der Waals surface area (Å²) in [4.78, 5) is 25.1. The zero-order chi connectivity index (χ0) is 18.0. The van der Waals surface area contributed by atoms with E-state index in [1.807, 2.05) is 24.3 Å². The molecule has 1 heterocycles. The van der Waals surface area contributed by atoms with Crippen molar-refractivity contribution >= 4 is 11.8 Å². The third kappa shape index (κ3) is 4.29. The molecule has 2 amide bonds. The molecule has 5 heteroatoms. The number of carbonyl (C=O) groups is 2. The number of rotatable bonds is 7. The Hall–Kier alpha value is -2.56. The van der Waals surface area contributed by atoms with Gasteiger partial charge < -0.3 is 15.1 Å². The van der Waals surface area contributed by atoms with Crippen molar-refractivity contribution in [2.75, 3.05) is 7.05 Å². The molecule has 0 saturated heterocycles. The highest BCUT2D eigenvalue weighted by atomic mass is 16.3. The first-order valence-electron chi connectivity index (χ1n) is 8.65. The minimum absolute atomic E-state index is 0.0664. The highest BCUT2D eigenvalue weighted by Crippen LogP contribution is 2.47. The Morgan fingerprint density at radius 3 is 2.48 bits per heavy atom. The van der Waals surface area contributed by atoms with E-state index in [1.54, 1.807) is 24.1 Å². The Kier molecular flexibility index (Phi) is 4.93. The molecule has 2 N–H and O–H groups in total. The molecule has 1 aliphatic carbocycles. The topological polar surface area (TPSA) is 76.5 Å². The van der Waals surface area contributed by atoms with Gasteiger partial charge in [0.1, 0.15) is 11.5 Å². The predicted molar refractivity (Wildman–Crippen MR) is 95.0 cm³/mol. The smallest absolute Gasteiger partial charge is 0.248 e. The molecule has 1 aromatic carbocycles. The van der Waals surface area contributed by atoms with Crippen molar-refractivity contribution in [2.45, 2.75) is 38.6 Å². The first kappa shape index (κ1) is 17.3. The first-order chi connectivity index (χ1) is 11.9. The third-order valence-corrected chi connectivity index (χ3v) is 4.83. The summed E-state index contributed by atoms with van der Waals surface area (Å²) >= 11 is 0. The van der Waals surface area contributed by atoms with Crippen LogP contribution in [0.15, 0.2) is 40.8 Å². The number of hydrogen-bond donors (Lipinski definition) is 1. The van der Waals surface area contributed by atoms with Gasteiger partial charge in [-0.15, -0.1) is 0 Å². The normalized spacial score (nSPS) is 18.8. The molecule has 3 rings (SSSR count). The average molecular weight is 340 g/mol. The molecule has 0 radical (unpaired) electrons. The van der Waals surface area contributed by atoms with Crippen molar-refractivity contribution in [2.24, 2.45) is 11.7 Å². The monoisotopic (exact) mass is 340 g/mol. The minimum atomic E-state index is -0.450. The van der Waals surface area contributed by atoms with Gasteiger partial charge in [0.25, 0.3) is 0 Å². The fourth-order valence-electron chi connectivity index (χ4n) is 3.00. The quantitative estimate of drug-likeness (QED) is 0.841. The second-order valence-corrected chi connectivity index (χ2v) is 6.93. The number of aryl methyl sites for hydroxylation is 1. The standard InChI is InChI=1S/C20H24N2O3/c1-13-11-17(13)18-9-7-16(25-18)8-10-19(23)22(2)12-14-3-5-15(6-4-14)20(21)24/h3-7,9,13,17H,8,10-12H2,1-2H3,(H2,21,24)/t13-,17+/m1/s1. The molecule has 1 aliphatic rings. The van der Waals surface area contributed by atoms with E-state index in [4.69, 9.17) is 10.2 Å². The molecule has 2 atom stereocenters. The van der Waals surface area contributed by atoms with Crippen molar-refractivity contribution in [3.05, 3.63) is 59.0 Å². The molecule has 2 aromatic rings. The highest BCUT2D eigenvalue weighted by Gasteiger charge is 2.36. The van der Waals surface area contributed by atoms with Crippen LogP contribution in [0, 0.1) is 5.92 Å². The van der Waals surface area contributed by atoms with Gasteiger partial charge in [-0.25, -0.2) is 0 Å². The van der Waals surface area contributed by atoms with Gasteiger partial charge in [-0.05, 0) is 42.2 Å². The first-order valence-corrected chi connectivity index (χ1v) is 8.65. The summed E-state index contributed by atoms with van der Waals surface area (Å²) in [5, 5.41) is 0. The number of hydrogen-bond acceptors (Lipinski definition) is 3. The van der Waals surface area contributed by atoms with Gasteiger partial charge >= 0.3 is 0 Å². The van der Waals surface area contributed by atoms with Gasteiger partial charge in [0.15, 0.2) is 0 Å². The number of furan rings is 1. The summed E-state index contributed by atoms with van der Waals surface area (Å²) in [5.74, 6) is 2.83. The van der Waals surface area contributed by atoms with Crippen molar-refractivity contribution in [3.8, 4) is 0 Å². The second-order valence-electron chi connectivity index (χ2n) is 6.93. The van der Waals surface area contributed by atoms with Crippen LogP contribution in [-0.2, 0) is 17.8 Å². The van der Waals surface area contributed by atoms with E-state index in [-0.39, 0.29) is 5.91 Å². The van der Waals surface area contributed by atoms with Gasteiger partial charge in [-0.3, -0.25) is 9.59 Å². The van der Waals surface area contributed by atoms with Crippen LogP contribution in [0.25, 0.3) is 0 Å². The number of carbonyl (C=O) groups excluding carboxylic acids is 2. The van der Waals surface area contributed by atoms with E-state index in [9.17, 15) is 9.59 Å². The van der Waals surface area contributed by atoms with Crippen molar-refractivity contribution in [1.29, 1.82) is 0 Å². The van der Waals surface area contributed by atoms with E-state index in [1.165, 1.54) is 6.42 Å². The Morgan fingerprint density at radius 2 is 1.88 bits per heavy atom. The number of nitrogens with zero attached hydrogens (tertiary/aromatic N) is 1. The summed E-state index contributed by atoms with van der Waals surface area (Å²) in [7, 11) is 1.78. The summed E-state index contributed by atoms with van der Waals surface area (Å²) in [6.45, 7) is 2.72. The molecule has 1 aromatic heterocycles. The maximum absolute atomic E-state index is 12.3. The summed E-state index contributed by atoms with van der Waals surface area (Å²) in [6, 6.07) is 11.0. The molecule has 1 saturated carbocycles. The fraction of sp³-hybridized carbons (Fsp3) is 0.400. The van der Waals surface area contributed by atoms with Crippen LogP contribution in [0.5, 0.6) is 0 Å². The molecule has 0 spiro atoms. The van der Waals surface area contributed by atoms with Gasteiger partial charge in [-0.1, -0.05) is 19.1 Å². The molecule has 25 heavy (non-hydrogen) atoms. The van der Waals surface area contributed by atoms with E-state index >= 15 is 0 Å². The molecule has 0 unspecified atom stereocenters. The maximum Gasteiger partial charge on any atom is 0.248 e. The lowest BCUT2D eigenvalue weighted by atomic mass is 10.1. The molecular weight excluding hydrogens is 316 g/mol. The van der Waals surface area contributed by atoms with Crippen LogP contribution in [0.3, 0.4) is 0 Å². The maximum atomic E-state index is 12.3. The lowest BCUT2D eigenvalue weighted by molar-refractivity contribution is -0.130. The molecule has 0 aliphatic heterocycles.